The van der Waals surface area contributed by atoms with Crippen LogP contribution in [0.2, 0.25) is 0 Å². The third kappa shape index (κ3) is 6.32. The average molecular weight is 379 g/mol. The predicted octanol–water partition coefficient (Wildman–Crippen LogP) is 4.28. The summed E-state index contributed by atoms with van der Waals surface area (Å²) in [5.41, 5.74) is 0.897. The summed E-state index contributed by atoms with van der Waals surface area (Å²) >= 11 is 2.93. The molecular formula is C18H26N4OS2. The second-order valence-electron chi connectivity index (χ2n) is 7.10. The van der Waals surface area contributed by atoms with Gasteiger partial charge in [-0.25, -0.2) is 0 Å². The molecule has 0 saturated heterocycles. The van der Waals surface area contributed by atoms with Crippen LogP contribution in [0.15, 0.2) is 34.7 Å². The van der Waals surface area contributed by atoms with Gasteiger partial charge in [0.15, 0.2) is 4.34 Å². The molecule has 0 atom stereocenters. The molecule has 1 aromatic heterocycles. The molecule has 0 aliphatic rings. The number of aromatic nitrogens is 2. The van der Waals surface area contributed by atoms with Gasteiger partial charge in [0.25, 0.3) is 0 Å². The van der Waals surface area contributed by atoms with Crippen molar-refractivity contribution < 1.29 is 4.79 Å². The van der Waals surface area contributed by atoms with E-state index >= 15 is 0 Å². The van der Waals surface area contributed by atoms with Crippen molar-refractivity contribution >= 4 is 34.1 Å². The summed E-state index contributed by atoms with van der Waals surface area (Å²) in [6, 6.07) is 10.4. The standard InChI is InChI=1S/C18H26N4OS2/c1-13(2)19-16-20-21-17(25-16)24-12-15(23)22(18(3,4)5)11-14-9-7-6-8-10-14/h6-10,13H,11-12H2,1-5H3,(H,19,20). The molecule has 1 N–H and O–H groups in total. The van der Waals surface area contributed by atoms with Crippen molar-refractivity contribution in [2.24, 2.45) is 0 Å². The first kappa shape index (κ1) is 19.7. The Morgan fingerprint density at radius 2 is 1.92 bits per heavy atom. The molecule has 1 heterocycles. The lowest BCUT2D eigenvalue weighted by atomic mass is 10.0. The van der Waals surface area contributed by atoms with Gasteiger partial charge < -0.3 is 10.2 Å². The first-order chi connectivity index (χ1) is 11.8. The molecule has 0 unspecified atom stereocenters. The lowest BCUT2D eigenvalue weighted by molar-refractivity contribution is -0.133. The molecule has 7 heteroatoms. The molecule has 136 valence electrons. The molecule has 0 saturated carbocycles. The molecule has 0 radical (unpaired) electrons. The zero-order chi connectivity index (χ0) is 18.4. The van der Waals surface area contributed by atoms with Gasteiger partial charge in [0.1, 0.15) is 0 Å². The fourth-order valence-corrected chi connectivity index (χ4v) is 4.01. The number of rotatable bonds is 7. The number of amides is 1. The molecule has 2 rings (SSSR count). The number of nitrogens with one attached hydrogen (secondary N) is 1. The Labute approximate surface area is 158 Å². The second-order valence-corrected chi connectivity index (χ2v) is 9.30. The van der Waals surface area contributed by atoms with Crippen LogP contribution in [0.4, 0.5) is 5.13 Å². The molecule has 25 heavy (non-hydrogen) atoms. The Kier molecular flexibility index (Phi) is 6.84. The van der Waals surface area contributed by atoms with E-state index < -0.39 is 0 Å². The molecule has 0 spiro atoms. The quantitative estimate of drug-likeness (QED) is 0.729. The minimum Gasteiger partial charge on any atom is -0.358 e. The SMILES string of the molecule is CC(C)Nc1nnc(SCC(=O)N(Cc2ccccc2)C(C)(C)C)s1. The Morgan fingerprint density at radius 3 is 2.52 bits per heavy atom. The van der Waals surface area contributed by atoms with E-state index in [-0.39, 0.29) is 11.4 Å². The van der Waals surface area contributed by atoms with Crippen LogP contribution in [0.5, 0.6) is 0 Å². The Hall–Kier alpha value is -1.60. The van der Waals surface area contributed by atoms with E-state index in [9.17, 15) is 4.79 Å². The zero-order valence-corrected chi connectivity index (χ0v) is 17.1. The molecule has 1 amide bonds. The third-order valence-electron chi connectivity index (χ3n) is 3.43. The first-order valence-corrected chi connectivity index (χ1v) is 10.1. The van der Waals surface area contributed by atoms with Gasteiger partial charge in [0, 0.05) is 18.1 Å². The monoisotopic (exact) mass is 378 g/mol. The van der Waals surface area contributed by atoms with Gasteiger partial charge in [-0.3, -0.25) is 4.79 Å². The molecule has 1 aromatic carbocycles. The van der Waals surface area contributed by atoms with Crippen molar-refractivity contribution in [3.8, 4) is 0 Å². The van der Waals surface area contributed by atoms with Gasteiger partial charge in [-0.15, -0.1) is 10.2 Å². The van der Waals surface area contributed by atoms with Gasteiger partial charge in [0.05, 0.1) is 5.75 Å². The Morgan fingerprint density at radius 1 is 1.24 bits per heavy atom. The normalized spacial score (nSPS) is 11.6. The van der Waals surface area contributed by atoms with Crippen LogP contribution >= 0.6 is 23.1 Å². The van der Waals surface area contributed by atoms with Crippen molar-refractivity contribution in [2.75, 3.05) is 11.1 Å². The molecular weight excluding hydrogens is 352 g/mol. The van der Waals surface area contributed by atoms with E-state index in [1.165, 1.54) is 23.1 Å². The van der Waals surface area contributed by atoms with Crippen molar-refractivity contribution in [1.29, 1.82) is 0 Å². The number of anilines is 1. The van der Waals surface area contributed by atoms with Gasteiger partial charge >= 0.3 is 0 Å². The summed E-state index contributed by atoms with van der Waals surface area (Å²) in [6.45, 7) is 10.9. The number of nitrogens with zero attached hydrogens (tertiary/aromatic N) is 3. The van der Waals surface area contributed by atoms with E-state index in [0.29, 0.717) is 18.3 Å². The summed E-state index contributed by atoms with van der Waals surface area (Å²) in [7, 11) is 0. The number of hydrogen-bond acceptors (Lipinski definition) is 6. The molecule has 0 aliphatic carbocycles. The van der Waals surface area contributed by atoms with Gasteiger partial charge in [-0.1, -0.05) is 53.4 Å². The number of thioether (sulfide) groups is 1. The summed E-state index contributed by atoms with van der Waals surface area (Å²) in [5.74, 6) is 0.468. The largest absolute Gasteiger partial charge is 0.358 e. The minimum absolute atomic E-state index is 0.106. The maximum Gasteiger partial charge on any atom is 0.233 e. The highest BCUT2D eigenvalue weighted by molar-refractivity contribution is 8.01. The summed E-state index contributed by atoms with van der Waals surface area (Å²) in [6.07, 6.45) is 0. The van der Waals surface area contributed by atoms with Crippen LogP contribution < -0.4 is 5.32 Å². The van der Waals surface area contributed by atoms with E-state index in [2.05, 4.69) is 50.1 Å². The van der Waals surface area contributed by atoms with E-state index in [1.54, 1.807) is 0 Å². The molecule has 0 fully saturated rings. The van der Waals surface area contributed by atoms with Gasteiger partial charge in [-0.05, 0) is 40.2 Å². The Balaban J connectivity index is 1.98. The molecule has 0 aliphatic heterocycles. The van der Waals surface area contributed by atoms with E-state index in [1.807, 2.05) is 35.2 Å². The maximum absolute atomic E-state index is 12.8. The van der Waals surface area contributed by atoms with Crippen molar-refractivity contribution in [3.05, 3.63) is 35.9 Å². The van der Waals surface area contributed by atoms with Crippen molar-refractivity contribution in [1.82, 2.24) is 15.1 Å². The van der Waals surface area contributed by atoms with E-state index in [4.69, 9.17) is 0 Å². The van der Waals surface area contributed by atoms with E-state index in [0.717, 1.165) is 15.0 Å². The Bertz CT molecular complexity index is 680. The molecule has 5 nitrogen and oxygen atoms in total. The molecule has 0 bridgehead atoms. The van der Waals surface area contributed by atoms with Crippen LogP contribution in [0, 0.1) is 0 Å². The highest BCUT2D eigenvalue weighted by Crippen LogP contribution is 2.27. The molecule has 2 aromatic rings. The smallest absolute Gasteiger partial charge is 0.233 e. The lowest BCUT2D eigenvalue weighted by Gasteiger charge is -2.36. The third-order valence-corrected chi connectivity index (χ3v) is 5.40. The van der Waals surface area contributed by atoms with Gasteiger partial charge in [-0.2, -0.15) is 0 Å². The van der Waals surface area contributed by atoms with Gasteiger partial charge in [0.2, 0.25) is 11.0 Å². The van der Waals surface area contributed by atoms with Crippen LogP contribution in [0.3, 0.4) is 0 Å². The number of carbonyl (C=O) groups excluding carboxylic acids is 1. The fourth-order valence-electron chi connectivity index (χ4n) is 2.24. The lowest BCUT2D eigenvalue weighted by Crippen LogP contribution is -2.45. The fraction of sp³-hybridized carbons (Fsp3) is 0.500. The topological polar surface area (TPSA) is 58.1 Å². The van der Waals surface area contributed by atoms with Crippen LogP contribution in [-0.2, 0) is 11.3 Å². The summed E-state index contributed by atoms with van der Waals surface area (Å²) in [5, 5.41) is 12.3. The number of carbonyl (C=O) groups is 1. The highest BCUT2D eigenvalue weighted by Gasteiger charge is 2.26. The van der Waals surface area contributed by atoms with Crippen LogP contribution in [-0.4, -0.2) is 38.3 Å². The number of hydrogen-bond donors (Lipinski definition) is 1. The summed E-state index contributed by atoms with van der Waals surface area (Å²) in [4.78, 5) is 14.7. The average Bonchev–Trinajstić information content (AvgIpc) is 2.97. The van der Waals surface area contributed by atoms with Crippen molar-refractivity contribution in [3.63, 3.8) is 0 Å². The minimum atomic E-state index is -0.237. The second kappa shape index (κ2) is 8.67. The maximum atomic E-state index is 12.8. The number of benzene rings is 1. The highest BCUT2D eigenvalue weighted by atomic mass is 32.2. The van der Waals surface area contributed by atoms with Crippen molar-refractivity contribution in [2.45, 2.75) is 57.1 Å². The predicted molar refractivity (Wildman–Crippen MR) is 106 cm³/mol. The summed E-state index contributed by atoms with van der Waals surface area (Å²) < 4.78 is 0.810. The van der Waals surface area contributed by atoms with Crippen LogP contribution in [0.25, 0.3) is 0 Å². The van der Waals surface area contributed by atoms with Crippen LogP contribution in [0.1, 0.15) is 40.2 Å². The first-order valence-electron chi connectivity index (χ1n) is 8.33. The zero-order valence-electron chi connectivity index (χ0n) is 15.4.